The molecule has 0 atom stereocenters. The Labute approximate surface area is 99.0 Å². The summed E-state index contributed by atoms with van der Waals surface area (Å²) in [5, 5.41) is 19.4. The lowest BCUT2D eigenvalue weighted by molar-refractivity contribution is -0.385. The predicted molar refractivity (Wildman–Crippen MR) is 60.5 cm³/mol. The topological polar surface area (TPSA) is 84.0 Å². The molecule has 0 radical (unpaired) electrons. The number of nitro benzene ring substituents is 1. The van der Waals surface area contributed by atoms with Gasteiger partial charge in [-0.1, -0.05) is 0 Å². The Balaban J connectivity index is 3.64. The van der Waals surface area contributed by atoms with Crippen LogP contribution in [0.3, 0.4) is 0 Å². The summed E-state index contributed by atoms with van der Waals surface area (Å²) in [6.45, 7) is 1.24. The van der Waals surface area contributed by atoms with Gasteiger partial charge in [0.05, 0.1) is 10.5 Å². The third-order valence-electron chi connectivity index (χ3n) is 1.76. The van der Waals surface area contributed by atoms with Gasteiger partial charge in [-0.3, -0.25) is 14.9 Å². The van der Waals surface area contributed by atoms with Crippen LogP contribution in [0.5, 0.6) is 0 Å². The Hall–Kier alpha value is -1.49. The molecule has 0 fully saturated rings. The van der Waals surface area contributed by atoms with Crippen molar-refractivity contribution in [3.8, 4) is 6.07 Å². The van der Waals surface area contributed by atoms with E-state index in [0.717, 1.165) is 0 Å². The van der Waals surface area contributed by atoms with E-state index in [9.17, 15) is 14.9 Å². The van der Waals surface area contributed by atoms with E-state index in [-0.39, 0.29) is 11.1 Å². The van der Waals surface area contributed by atoms with Gasteiger partial charge in [0.1, 0.15) is 11.6 Å². The number of ketones is 1. The molecular weight excluding hydrogens is 311 g/mol. The maximum Gasteiger partial charge on any atom is 0.297 e. The van der Waals surface area contributed by atoms with Crippen molar-refractivity contribution in [1.29, 1.82) is 5.26 Å². The lowest BCUT2D eigenvalue weighted by atomic mass is 10.1. The highest BCUT2D eigenvalue weighted by Crippen LogP contribution is 2.26. The summed E-state index contributed by atoms with van der Waals surface area (Å²) in [6.07, 6.45) is 0. The standard InChI is InChI=1S/C9H5IN2O3/c1-5(13)8-3-7(10)2-6(4-11)9(8)12(14)15/h2-3H,1H3. The van der Waals surface area contributed by atoms with Gasteiger partial charge in [0.25, 0.3) is 5.69 Å². The summed E-state index contributed by atoms with van der Waals surface area (Å²) in [5.74, 6) is -0.420. The zero-order valence-electron chi connectivity index (χ0n) is 7.65. The van der Waals surface area contributed by atoms with Gasteiger partial charge in [0.2, 0.25) is 0 Å². The van der Waals surface area contributed by atoms with Crippen LogP contribution in [0.15, 0.2) is 12.1 Å². The first-order valence-electron chi connectivity index (χ1n) is 3.86. The molecule has 0 aliphatic heterocycles. The van der Waals surface area contributed by atoms with Gasteiger partial charge in [-0.05, 0) is 41.6 Å². The molecule has 0 saturated heterocycles. The van der Waals surface area contributed by atoms with E-state index in [4.69, 9.17) is 5.26 Å². The molecule has 0 unspecified atom stereocenters. The van der Waals surface area contributed by atoms with E-state index in [1.54, 1.807) is 6.07 Å². The molecule has 0 amide bonds. The van der Waals surface area contributed by atoms with Crippen molar-refractivity contribution in [2.24, 2.45) is 0 Å². The first-order chi connectivity index (χ1) is 6.97. The summed E-state index contributed by atoms with van der Waals surface area (Å²) in [4.78, 5) is 21.2. The molecular formula is C9H5IN2O3. The number of rotatable bonds is 2. The second-order valence-electron chi connectivity index (χ2n) is 2.77. The van der Waals surface area contributed by atoms with Gasteiger partial charge in [0.15, 0.2) is 5.78 Å². The van der Waals surface area contributed by atoms with Crippen molar-refractivity contribution in [3.05, 3.63) is 36.9 Å². The van der Waals surface area contributed by atoms with Crippen LogP contribution in [0.2, 0.25) is 0 Å². The number of halogens is 1. The second-order valence-corrected chi connectivity index (χ2v) is 4.02. The molecule has 1 rings (SSSR count). The molecule has 0 heterocycles. The minimum Gasteiger partial charge on any atom is -0.294 e. The van der Waals surface area contributed by atoms with Crippen molar-refractivity contribution in [1.82, 2.24) is 0 Å². The molecule has 76 valence electrons. The Kier molecular flexibility index (Phi) is 3.36. The smallest absolute Gasteiger partial charge is 0.294 e. The Morgan fingerprint density at radius 3 is 2.60 bits per heavy atom. The van der Waals surface area contributed by atoms with E-state index < -0.39 is 16.4 Å². The molecule has 15 heavy (non-hydrogen) atoms. The van der Waals surface area contributed by atoms with Gasteiger partial charge in [-0.2, -0.15) is 5.26 Å². The molecule has 0 aromatic heterocycles. The van der Waals surface area contributed by atoms with Gasteiger partial charge in [-0.15, -0.1) is 0 Å². The van der Waals surface area contributed by atoms with E-state index in [1.807, 2.05) is 22.6 Å². The SMILES string of the molecule is CC(=O)c1cc(I)cc(C#N)c1[N+](=O)[O-]. The molecule has 0 aliphatic carbocycles. The quantitative estimate of drug-likeness (QED) is 0.363. The monoisotopic (exact) mass is 316 g/mol. The zero-order chi connectivity index (χ0) is 11.6. The zero-order valence-corrected chi connectivity index (χ0v) is 9.81. The number of hydrogen-bond acceptors (Lipinski definition) is 4. The second kappa shape index (κ2) is 4.35. The minimum absolute atomic E-state index is 0.0246. The predicted octanol–water partition coefficient (Wildman–Crippen LogP) is 2.27. The molecule has 0 aliphatic rings. The van der Waals surface area contributed by atoms with Crippen LogP contribution < -0.4 is 0 Å². The van der Waals surface area contributed by atoms with Crippen LogP contribution in [-0.2, 0) is 0 Å². The number of nitro groups is 1. The van der Waals surface area contributed by atoms with Crippen LogP contribution in [-0.4, -0.2) is 10.7 Å². The number of benzene rings is 1. The number of carbonyl (C=O) groups is 1. The third kappa shape index (κ3) is 2.30. The van der Waals surface area contributed by atoms with Crippen molar-refractivity contribution in [3.63, 3.8) is 0 Å². The normalized spacial score (nSPS) is 9.40. The summed E-state index contributed by atoms with van der Waals surface area (Å²) < 4.78 is 0.625. The third-order valence-corrected chi connectivity index (χ3v) is 2.38. The van der Waals surface area contributed by atoms with Crippen LogP contribution in [0.25, 0.3) is 0 Å². The highest BCUT2D eigenvalue weighted by Gasteiger charge is 2.23. The number of hydrogen-bond donors (Lipinski definition) is 0. The maximum atomic E-state index is 11.2. The molecule has 1 aromatic rings. The van der Waals surface area contributed by atoms with Crippen molar-refractivity contribution in [2.45, 2.75) is 6.92 Å². The largest absolute Gasteiger partial charge is 0.297 e. The van der Waals surface area contributed by atoms with Crippen LogP contribution in [0.4, 0.5) is 5.69 Å². The van der Waals surface area contributed by atoms with Crippen molar-refractivity contribution < 1.29 is 9.72 Å². The summed E-state index contributed by atoms with van der Waals surface area (Å²) >= 11 is 1.90. The van der Waals surface area contributed by atoms with Crippen molar-refractivity contribution in [2.75, 3.05) is 0 Å². The van der Waals surface area contributed by atoms with Crippen molar-refractivity contribution >= 4 is 34.1 Å². The average Bonchev–Trinajstić information content (AvgIpc) is 2.15. The molecule has 0 bridgehead atoms. The summed E-state index contributed by atoms with van der Waals surface area (Å²) in [5.41, 5.74) is -0.522. The summed E-state index contributed by atoms with van der Waals surface area (Å²) in [7, 11) is 0. The fourth-order valence-electron chi connectivity index (χ4n) is 1.15. The van der Waals surface area contributed by atoms with Crippen LogP contribution in [0.1, 0.15) is 22.8 Å². The van der Waals surface area contributed by atoms with Gasteiger partial charge in [-0.25, -0.2) is 0 Å². The van der Waals surface area contributed by atoms with Gasteiger partial charge < -0.3 is 0 Å². The number of nitriles is 1. The molecule has 5 nitrogen and oxygen atoms in total. The average molecular weight is 316 g/mol. The van der Waals surface area contributed by atoms with E-state index in [1.165, 1.54) is 19.1 Å². The molecule has 6 heteroatoms. The Bertz CT molecular complexity index is 491. The minimum atomic E-state index is -0.703. The fourth-order valence-corrected chi connectivity index (χ4v) is 1.77. The number of Topliss-reactive ketones (excluding diaryl/α,β-unsaturated/α-hetero) is 1. The highest BCUT2D eigenvalue weighted by molar-refractivity contribution is 14.1. The Morgan fingerprint density at radius 1 is 1.60 bits per heavy atom. The number of nitrogens with zero attached hydrogens (tertiary/aromatic N) is 2. The van der Waals surface area contributed by atoms with Gasteiger partial charge >= 0.3 is 0 Å². The van der Waals surface area contributed by atoms with Crippen LogP contribution >= 0.6 is 22.6 Å². The van der Waals surface area contributed by atoms with E-state index >= 15 is 0 Å². The molecule has 0 spiro atoms. The fraction of sp³-hybridized carbons (Fsp3) is 0.111. The van der Waals surface area contributed by atoms with E-state index in [2.05, 4.69) is 0 Å². The lowest BCUT2D eigenvalue weighted by Crippen LogP contribution is -2.03. The first kappa shape index (κ1) is 11.6. The highest BCUT2D eigenvalue weighted by atomic mass is 127. The molecule has 0 N–H and O–H groups in total. The Morgan fingerprint density at radius 2 is 2.20 bits per heavy atom. The molecule has 0 saturated carbocycles. The lowest BCUT2D eigenvalue weighted by Gasteiger charge is -2.01. The number of carbonyl (C=O) groups excluding carboxylic acids is 1. The van der Waals surface area contributed by atoms with E-state index in [0.29, 0.717) is 3.57 Å². The van der Waals surface area contributed by atoms with Crippen LogP contribution in [0, 0.1) is 25.0 Å². The summed E-state index contributed by atoms with van der Waals surface area (Å²) in [6, 6.07) is 4.50. The first-order valence-corrected chi connectivity index (χ1v) is 4.94. The van der Waals surface area contributed by atoms with Gasteiger partial charge in [0, 0.05) is 3.57 Å². The maximum absolute atomic E-state index is 11.2. The molecule has 1 aromatic carbocycles.